The molecule has 0 radical (unpaired) electrons. The Kier molecular flexibility index (Phi) is 7.00. The summed E-state index contributed by atoms with van der Waals surface area (Å²) in [7, 11) is 0. The number of carbonyl (C=O) groups excluding carboxylic acids is 2. The monoisotopic (exact) mass is 402 g/mol. The van der Waals surface area contributed by atoms with Gasteiger partial charge in [-0.05, 0) is 36.5 Å². The van der Waals surface area contributed by atoms with E-state index in [1.54, 1.807) is 17.0 Å². The Balaban J connectivity index is 1.44. The highest BCUT2D eigenvalue weighted by molar-refractivity contribution is 5.94. The lowest BCUT2D eigenvalue weighted by atomic mass is 9.94. The summed E-state index contributed by atoms with van der Waals surface area (Å²) in [5.74, 6) is 0.598. The second-order valence-corrected chi connectivity index (χ2v) is 9.16. The molecule has 0 saturated carbocycles. The number of hydrogen-bond acceptors (Lipinski definition) is 4. The molecule has 7 nitrogen and oxygen atoms in total. The summed E-state index contributed by atoms with van der Waals surface area (Å²) in [5.41, 5.74) is 0.895. The molecule has 0 atom stereocenters. The predicted octanol–water partition coefficient (Wildman–Crippen LogP) is 2.33. The van der Waals surface area contributed by atoms with Crippen LogP contribution in [0.4, 0.5) is 4.79 Å². The van der Waals surface area contributed by atoms with Crippen molar-refractivity contribution >= 4 is 11.9 Å². The molecule has 2 heterocycles. The molecule has 0 aromatic heterocycles. The molecule has 0 unspecified atom stereocenters. The summed E-state index contributed by atoms with van der Waals surface area (Å²) in [6.45, 7) is 12.3. The third kappa shape index (κ3) is 6.63. The van der Waals surface area contributed by atoms with E-state index in [4.69, 9.17) is 4.74 Å². The molecule has 2 saturated heterocycles. The van der Waals surface area contributed by atoms with Crippen LogP contribution in [0.25, 0.3) is 0 Å². The van der Waals surface area contributed by atoms with Crippen molar-refractivity contribution in [3.05, 3.63) is 29.8 Å². The molecule has 2 aliphatic heterocycles. The Morgan fingerprint density at radius 2 is 2.00 bits per heavy atom. The van der Waals surface area contributed by atoms with E-state index in [0.717, 1.165) is 38.2 Å². The van der Waals surface area contributed by atoms with Crippen molar-refractivity contribution in [3.8, 4) is 5.75 Å². The second-order valence-electron chi connectivity index (χ2n) is 9.16. The highest BCUT2D eigenvalue weighted by Gasteiger charge is 2.24. The molecular formula is C22H34N4O3. The number of rotatable bonds is 7. The smallest absolute Gasteiger partial charge is 0.317 e. The zero-order valence-electron chi connectivity index (χ0n) is 17.9. The zero-order valence-corrected chi connectivity index (χ0v) is 17.9. The van der Waals surface area contributed by atoms with E-state index in [1.807, 2.05) is 12.1 Å². The maximum atomic E-state index is 12.4. The number of benzene rings is 1. The lowest BCUT2D eigenvalue weighted by Crippen LogP contribution is -2.42. The van der Waals surface area contributed by atoms with Crippen LogP contribution >= 0.6 is 0 Å². The van der Waals surface area contributed by atoms with Gasteiger partial charge in [0.2, 0.25) is 0 Å². The molecule has 0 bridgehead atoms. The van der Waals surface area contributed by atoms with Gasteiger partial charge in [0.15, 0.2) is 0 Å². The third-order valence-electron chi connectivity index (χ3n) is 5.24. The fourth-order valence-corrected chi connectivity index (χ4v) is 3.89. The van der Waals surface area contributed by atoms with Crippen LogP contribution in [0, 0.1) is 5.41 Å². The molecule has 0 spiro atoms. The first-order chi connectivity index (χ1) is 13.8. The quantitative estimate of drug-likeness (QED) is 0.734. The number of likely N-dealkylation sites (tertiary alicyclic amines) is 1. The Morgan fingerprint density at radius 3 is 2.66 bits per heavy atom. The molecule has 2 fully saturated rings. The van der Waals surface area contributed by atoms with Crippen molar-refractivity contribution in [1.29, 1.82) is 0 Å². The van der Waals surface area contributed by atoms with Crippen LogP contribution in [0.3, 0.4) is 0 Å². The van der Waals surface area contributed by atoms with Gasteiger partial charge in [-0.2, -0.15) is 0 Å². The summed E-state index contributed by atoms with van der Waals surface area (Å²) in [4.78, 5) is 28.2. The largest absolute Gasteiger partial charge is 0.490 e. The van der Waals surface area contributed by atoms with Crippen LogP contribution in [0.15, 0.2) is 24.3 Å². The SMILES string of the molecule is CC(C)(C)CN1CCC(Oc2cccc(C(=O)NCCN3CCNC3=O)c2)CC1. The molecular weight excluding hydrogens is 368 g/mol. The Hall–Kier alpha value is -2.28. The maximum absolute atomic E-state index is 12.4. The second kappa shape index (κ2) is 9.48. The van der Waals surface area contributed by atoms with E-state index < -0.39 is 0 Å². The van der Waals surface area contributed by atoms with Gasteiger partial charge in [0.05, 0.1) is 0 Å². The van der Waals surface area contributed by atoms with Crippen LogP contribution in [0.1, 0.15) is 44.0 Å². The number of urea groups is 1. The first-order valence-corrected chi connectivity index (χ1v) is 10.6. The first kappa shape index (κ1) is 21.4. The minimum absolute atomic E-state index is 0.0665. The highest BCUT2D eigenvalue weighted by atomic mass is 16.5. The maximum Gasteiger partial charge on any atom is 0.317 e. The summed E-state index contributed by atoms with van der Waals surface area (Å²) < 4.78 is 6.16. The van der Waals surface area contributed by atoms with Gasteiger partial charge in [-0.1, -0.05) is 26.8 Å². The molecule has 7 heteroatoms. The molecule has 1 aromatic carbocycles. The van der Waals surface area contributed by atoms with Crippen molar-refractivity contribution < 1.29 is 14.3 Å². The van der Waals surface area contributed by atoms with Gasteiger partial charge in [-0.15, -0.1) is 0 Å². The summed E-state index contributed by atoms with van der Waals surface area (Å²) in [6, 6.07) is 7.29. The summed E-state index contributed by atoms with van der Waals surface area (Å²) >= 11 is 0. The molecule has 1 aromatic rings. The molecule has 160 valence electrons. The number of carbonyl (C=O) groups is 2. The number of hydrogen-bond donors (Lipinski definition) is 2. The third-order valence-corrected chi connectivity index (χ3v) is 5.24. The number of piperidine rings is 1. The van der Waals surface area contributed by atoms with Crippen molar-refractivity contribution in [2.24, 2.45) is 5.41 Å². The molecule has 3 amide bonds. The number of nitrogens with zero attached hydrogens (tertiary/aromatic N) is 2. The van der Waals surface area contributed by atoms with Crippen LogP contribution in [0.5, 0.6) is 5.75 Å². The van der Waals surface area contributed by atoms with Crippen LogP contribution in [-0.4, -0.2) is 73.7 Å². The van der Waals surface area contributed by atoms with Crippen molar-refractivity contribution in [3.63, 3.8) is 0 Å². The average Bonchev–Trinajstić information content (AvgIpc) is 3.07. The minimum atomic E-state index is -0.143. The fourth-order valence-electron chi connectivity index (χ4n) is 3.89. The van der Waals surface area contributed by atoms with E-state index in [0.29, 0.717) is 37.2 Å². The Morgan fingerprint density at radius 1 is 1.24 bits per heavy atom. The minimum Gasteiger partial charge on any atom is -0.490 e. The number of amides is 3. The highest BCUT2D eigenvalue weighted by Crippen LogP contribution is 2.23. The van der Waals surface area contributed by atoms with Gasteiger partial charge >= 0.3 is 6.03 Å². The van der Waals surface area contributed by atoms with E-state index in [-0.39, 0.29) is 18.0 Å². The number of ether oxygens (including phenoxy) is 1. The van der Waals surface area contributed by atoms with E-state index in [2.05, 4.69) is 36.3 Å². The van der Waals surface area contributed by atoms with Crippen LogP contribution < -0.4 is 15.4 Å². The Bertz CT molecular complexity index is 708. The van der Waals surface area contributed by atoms with Crippen molar-refractivity contribution in [1.82, 2.24) is 20.4 Å². The van der Waals surface area contributed by atoms with E-state index in [1.165, 1.54) is 0 Å². The standard InChI is InChI=1S/C22H34N4O3/c1-22(2,3)16-25-11-7-18(8-12-25)29-19-6-4-5-17(15-19)20(27)23-9-13-26-14-10-24-21(26)28/h4-6,15,18H,7-14,16H2,1-3H3,(H,23,27)(H,24,28). The van der Waals surface area contributed by atoms with Gasteiger partial charge in [0, 0.05) is 51.4 Å². The normalized spacial score (nSPS) is 18.6. The molecule has 0 aliphatic carbocycles. The lowest BCUT2D eigenvalue weighted by molar-refractivity contribution is 0.0808. The topological polar surface area (TPSA) is 73.9 Å². The molecule has 3 rings (SSSR count). The lowest BCUT2D eigenvalue weighted by Gasteiger charge is -2.36. The van der Waals surface area contributed by atoms with Crippen molar-refractivity contribution in [2.75, 3.05) is 45.8 Å². The molecule has 29 heavy (non-hydrogen) atoms. The Labute approximate surface area is 173 Å². The van der Waals surface area contributed by atoms with Crippen LogP contribution in [0.2, 0.25) is 0 Å². The van der Waals surface area contributed by atoms with Gasteiger partial charge in [0.25, 0.3) is 5.91 Å². The van der Waals surface area contributed by atoms with Gasteiger partial charge in [-0.3, -0.25) is 4.79 Å². The van der Waals surface area contributed by atoms with E-state index in [9.17, 15) is 9.59 Å². The van der Waals surface area contributed by atoms with Gasteiger partial charge in [-0.25, -0.2) is 4.79 Å². The average molecular weight is 403 g/mol. The summed E-state index contributed by atoms with van der Waals surface area (Å²) in [6.07, 6.45) is 2.20. The first-order valence-electron chi connectivity index (χ1n) is 10.6. The van der Waals surface area contributed by atoms with Crippen LogP contribution in [-0.2, 0) is 0 Å². The van der Waals surface area contributed by atoms with Gasteiger partial charge < -0.3 is 25.2 Å². The molecule has 2 N–H and O–H groups in total. The fraction of sp³-hybridized carbons (Fsp3) is 0.636. The zero-order chi connectivity index (χ0) is 20.9. The van der Waals surface area contributed by atoms with Gasteiger partial charge in [0.1, 0.15) is 11.9 Å². The molecule has 2 aliphatic rings. The van der Waals surface area contributed by atoms with E-state index >= 15 is 0 Å². The van der Waals surface area contributed by atoms with Crippen molar-refractivity contribution in [2.45, 2.75) is 39.7 Å². The summed E-state index contributed by atoms with van der Waals surface area (Å²) in [5, 5.41) is 5.64. The number of nitrogens with one attached hydrogen (secondary N) is 2. The predicted molar refractivity (Wildman–Crippen MR) is 113 cm³/mol.